The lowest BCUT2D eigenvalue weighted by Crippen LogP contribution is -2.35. The first-order valence-electron chi connectivity index (χ1n) is 4.83. The zero-order valence-corrected chi connectivity index (χ0v) is 10.1. The number of H-pyrrole nitrogens is 1. The maximum absolute atomic E-state index is 11.5. The summed E-state index contributed by atoms with van der Waals surface area (Å²) in [5.74, 6) is 0.0991. The molecule has 0 aliphatic heterocycles. The first-order chi connectivity index (χ1) is 8.52. The van der Waals surface area contributed by atoms with E-state index in [0.717, 1.165) is 7.11 Å². The Kier molecular flexibility index (Phi) is 3.06. The third-order valence-corrected chi connectivity index (χ3v) is 3.00. The molecule has 0 radical (unpaired) electrons. The molecule has 0 bridgehead atoms. The number of hydrogen-bond acceptors (Lipinski definition) is 5. The number of ether oxygens (including phenoxy) is 1. The number of para-hydroxylation sites is 1. The highest BCUT2D eigenvalue weighted by molar-refractivity contribution is 7.91. The van der Waals surface area contributed by atoms with Crippen LogP contribution in [0.15, 0.2) is 24.3 Å². The molecule has 3 N–H and O–H groups in total. The van der Waals surface area contributed by atoms with Crippen LogP contribution < -0.4 is 9.44 Å². The van der Waals surface area contributed by atoms with E-state index in [1.54, 1.807) is 29.0 Å². The van der Waals surface area contributed by atoms with Gasteiger partial charge in [0.1, 0.15) is 0 Å². The molecule has 1 aromatic carbocycles. The molecule has 0 aliphatic carbocycles. The summed E-state index contributed by atoms with van der Waals surface area (Å²) in [4.78, 5) is 10.8. The smallest absolute Gasteiger partial charge is 0.422 e. The molecule has 0 saturated carbocycles. The van der Waals surface area contributed by atoms with E-state index in [2.05, 4.69) is 19.7 Å². The van der Waals surface area contributed by atoms with Gasteiger partial charge in [0.15, 0.2) is 5.82 Å². The Hall–Kier alpha value is -2.29. The molecular weight excluding hydrogens is 260 g/mol. The normalized spacial score (nSPS) is 11.2. The zero-order valence-electron chi connectivity index (χ0n) is 9.30. The van der Waals surface area contributed by atoms with Crippen LogP contribution in [0.3, 0.4) is 0 Å². The number of aromatic nitrogens is 2. The Labute approximate surface area is 103 Å². The molecule has 0 unspecified atom stereocenters. The second kappa shape index (κ2) is 4.53. The van der Waals surface area contributed by atoms with Crippen molar-refractivity contribution in [2.24, 2.45) is 0 Å². The fourth-order valence-electron chi connectivity index (χ4n) is 1.35. The van der Waals surface area contributed by atoms with Crippen molar-refractivity contribution in [3.8, 4) is 0 Å². The molecular formula is C9H10N4O4S. The van der Waals surface area contributed by atoms with Gasteiger partial charge in [-0.1, -0.05) is 12.1 Å². The minimum atomic E-state index is -4.06. The number of nitrogens with one attached hydrogen (secondary N) is 3. The van der Waals surface area contributed by atoms with Crippen molar-refractivity contribution in [2.75, 3.05) is 11.8 Å². The Morgan fingerprint density at radius 1 is 1.39 bits per heavy atom. The fraction of sp³-hybridized carbons (Fsp3) is 0.111. The van der Waals surface area contributed by atoms with Crippen molar-refractivity contribution < 1.29 is 17.9 Å². The second-order valence-electron chi connectivity index (χ2n) is 3.32. The number of benzene rings is 1. The van der Waals surface area contributed by atoms with E-state index >= 15 is 0 Å². The van der Waals surface area contributed by atoms with E-state index in [-0.39, 0.29) is 5.82 Å². The van der Waals surface area contributed by atoms with Crippen molar-refractivity contribution in [3.63, 3.8) is 0 Å². The molecule has 8 nitrogen and oxygen atoms in total. The van der Waals surface area contributed by atoms with Crippen LogP contribution in [-0.2, 0) is 14.9 Å². The van der Waals surface area contributed by atoms with Gasteiger partial charge in [-0.15, -0.1) is 0 Å². The summed E-state index contributed by atoms with van der Waals surface area (Å²) in [5.41, 5.74) is 0.674. The Morgan fingerprint density at radius 2 is 2.11 bits per heavy atom. The van der Waals surface area contributed by atoms with E-state index in [9.17, 15) is 13.2 Å². The van der Waals surface area contributed by atoms with Gasteiger partial charge in [-0.05, 0) is 12.1 Å². The molecule has 1 amide bonds. The van der Waals surface area contributed by atoms with Crippen molar-refractivity contribution >= 4 is 33.0 Å². The van der Waals surface area contributed by atoms with Gasteiger partial charge in [0.2, 0.25) is 0 Å². The van der Waals surface area contributed by atoms with Crippen LogP contribution in [0.2, 0.25) is 0 Å². The molecule has 9 heteroatoms. The molecule has 0 atom stereocenters. The summed E-state index contributed by atoms with van der Waals surface area (Å²) in [5, 5.41) is 7.05. The van der Waals surface area contributed by atoms with Crippen LogP contribution in [0.1, 0.15) is 0 Å². The number of fused-ring (bicyclic) bond motifs is 1. The van der Waals surface area contributed by atoms with Crippen molar-refractivity contribution in [2.45, 2.75) is 0 Å². The van der Waals surface area contributed by atoms with Crippen LogP contribution in [0.4, 0.5) is 10.6 Å². The summed E-state index contributed by atoms with van der Waals surface area (Å²) >= 11 is 0. The minimum absolute atomic E-state index is 0.0991. The minimum Gasteiger partial charge on any atom is -0.452 e. The monoisotopic (exact) mass is 270 g/mol. The van der Waals surface area contributed by atoms with Crippen molar-refractivity contribution in [1.29, 1.82) is 0 Å². The highest BCUT2D eigenvalue weighted by Gasteiger charge is 2.17. The molecule has 18 heavy (non-hydrogen) atoms. The lowest BCUT2D eigenvalue weighted by Gasteiger charge is -2.06. The predicted octanol–water partition coefficient (Wildman–Crippen LogP) is 0.576. The average molecular weight is 270 g/mol. The first-order valence-corrected chi connectivity index (χ1v) is 6.32. The van der Waals surface area contributed by atoms with Gasteiger partial charge in [-0.3, -0.25) is 5.10 Å². The Bertz CT molecular complexity index is 679. The van der Waals surface area contributed by atoms with E-state index in [1.807, 2.05) is 0 Å². The summed E-state index contributed by atoms with van der Waals surface area (Å²) in [7, 11) is -3.00. The summed E-state index contributed by atoms with van der Waals surface area (Å²) in [6, 6.07) is 6.96. The second-order valence-corrected chi connectivity index (χ2v) is 4.73. The summed E-state index contributed by atoms with van der Waals surface area (Å²) in [6.45, 7) is 0. The molecule has 1 heterocycles. The van der Waals surface area contributed by atoms with E-state index in [1.165, 1.54) is 0 Å². The first kappa shape index (κ1) is 12.2. The van der Waals surface area contributed by atoms with Crippen LogP contribution in [-0.4, -0.2) is 31.8 Å². The third-order valence-electron chi connectivity index (χ3n) is 2.10. The van der Waals surface area contributed by atoms with Gasteiger partial charge in [-0.2, -0.15) is 13.5 Å². The standard InChI is InChI=1S/C9H10N4O4S/c1-17-9(14)13-18(15,16)12-8-6-4-2-3-5-7(6)10-11-8/h2-5H,1H3,(H,13,14)(H2,10,11,12). The lowest BCUT2D eigenvalue weighted by atomic mass is 10.2. The Morgan fingerprint density at radius 3 is 2.83 bits per heavy atom. The maximum atomic E-state index is 11.5. The molecule has 2 rings (SSSR count). The van der Waals surface area contributed by atoms with Crippen LogP contribution in [0, 0.1) is 0 Å². The fourth-order valence-corrected chi connectivity index (χ4v) is 2.11. The third kappa shape index (κ3) is 2.51. The predicted molar refractivity (Wildman–Crippen MR) is 64.2 cm³/mol. The van der Waals surface area contributed by atoms with Gasteiger partial charge in [-0.25, -0.2) is 14.2 Å². The number of amides is 1. The van der Waals surface area contributed by atoms with Gasteiger partial charge < -0.3 is 4.74 Å². The number of aromatic amines is 1. The number of methoxy groups -OCH3 is 1. The number of carbonyl (C=O) groups excluding carboxylic acids is 1. The van der Waals surface area contributed by atoms with E-state index in [0.29, 0.717) is 10.9 Å². The molecule has 96 valence electrons. The largest absolute Gasteiger partial charge is 0.452 e. The van der Waals surface area contributed by atoms with Crippen molar-refractivity contribution in [1.82, 2.24) is 14.9 Å². The molecule has 0 fully saturated rings. The lowest BCUT2D eigenvalue weighted by molar-refractivity contribution is 0.177. The van der Waals surface area contributed by atoms with Crippen LogP contribution in [0.25, 0.3) is 10.9 Å². The highest BCUT2D eigenvalue weighted by atomic mass is 32.2. The molecule has 0 aliphatic rings. The molecule has 1 aromatic heterocycles. The van der Waals surface area contributed by atoms with Gasteiger partial charge in [0.05, 0.1) is 12.6 Å². The Balaban J connectivity index is 2.26. The quantitative estimate of drug-likeness (QED) is 0.754. The topological polar surface area (TPSA) is 113 Å². The zero-order chi connectivity index (χ0) is 13.2. The number of hydrogen-bond donors (Lipinski definition) is 3. The van der Waals surface area contributed by atoms with Crippen molar-refractivity contribution in [3.05, 3.63) is 24.3 Å². The van der Waals surface area contributed by atoms with Gasteiger partial charge in [0, 0.05) is 5.39 Å². The van der Waals surface area contributed by atoms with Crippen LogP contribution in [0.5, 0.6) is 0 Å². The van der Waals surface area contributed by atoms with Gasteiger partial charge >= 0.3 is 16.3 Å². The van der Waals surface area contributed by atoms with Crippen LogP contribution >= 0.6 is 0 Å². The average Bonchev–Trinajstić information content (AvgIpc) is 2.71. The SMILES string of the molecule is COC(=O)NS(=O)(=O)Nc1n[nH]c2ccccc12. The summed E-state index contributed by atoms with van der Waals surface area (Å²) in [6.07, 6.45) is -1.08. The molecule has 0 saturated heterocycles. The number of carbonyl (C=O) groups is 1. The van der Waals surface area contributed by atoms with E-state index < -0.39 is 16.3 Å². The number of rotatable bonds is 3. The molecule has 2 aromatic rings. The number of anilines is 1. The molecule has 0 spiro atoms. The van der Waals surface area contributed by atoms with E-state index in [4.69, 9.17) is 0 Å². The maximum Gasteiger partial charge on any atom is 0.422 e. The highest BCUT2D eigenvalue weighted by Crippen LogP contribution is 2.19. The summed E-state index contributed by atoms with van der Waals surface area (Å²) < 4.78 is 31.0. The number of nitrogens with zero attached hydrogens (tertiary/aromatic N) is 1. The van der Waals surface area contributed by atoms with Gasteiger partial charge in [0.25, 0.3) is 0 Å².